The lowest BCUT2D eigenvalue weighted by atomic mass is 10.2. The number of carbonyl (C=O) groups is 2. The number of carbonyl (C=O) groups excluding carboxylic acids is 2. The smallest absolute Gasteiger partial charge is 0.414 e. The number of rotatable bonds is 6. The van der Waals surface area contributed by atoms with Gasteiger partial charge in [-0.2, -0.15) is 8.96 Å². The number of pyridine rings is 2. The second-order valence-electron chi connectivity index (χ2n) is 8.55. The van der Waals surface area contributed by atoms with Gasteiger partial charge in [0, 0.05) is 13.1 Å². The van der Waals surface area contributed by atoms with Crippen LogP contribution in [0.15, 0.2) is 58.7 Å². The molecule has 3 aromatic rings. The summed E-state index contributed by atoms with van der Waals surface area (Å²) in [6.07, 6.45) is 4.57. The largest absolute Gasteiger partial charge is 0.443 e. The molecule has 36 heavy (non-hydrogen) atoms. The Bertz CT molecular complexity index is 1420. The number of imidazole rings is 1. The molecule has 0 saturated heterocycles. The van der Waals surface area contributed by atoms with Crippen molar-refractivity contribution in [3.05, 3.63) is 76.6 Å². The molecule has 13 heteroatoms. The second-order valence-corrected chi connectivity index (χ2v) is 8.55. The van der Waals surface area contributed by atoms with Gasteiger partial charge in [-0.1, -0.05) is 0 Å². The Balaban J connectivity index is 2.06. The summed E-state index contributed by atoms with van der Waals surface area (Å²) in [5.41, 5.74) is 9.92. The summed E-state index contributed by atoms with van der Waals surface area (Å²) in [6.45, 7) is 5.09. The Morgan fingerprint density at radius 3 is 2.61 bits per heavy atom. The van der Waals surface area contributed by atoms with E-state index >= 15 is 0 Å². The van der Waals surface area contributed by atoms with Gasteiger partial charge in [0.15, 0.2) is 11.5 Å². The van der Waals surface area contributed by atoms with Gasteiger partial charge in [0.2, 0.25) is 5.82 Å². The van der Waals surface area contributed by atoms with Crippen LogP contribution in [0.5, 0.6) is 0 Å². The second kappa shape index (κ2) is 10.2. The summed E-state index contributed by atoms with van der Waals surface area (Å²) in [4.78, 5) is 51.8. The summed E-state index contributed by atoms with van der Waals surface area (Å²) < 4.78 is 20.6. The minimum absolute atomic E-state index is 0.00363. The number of nitrogens with one attached hydrogen (secondary N) is 2. The van der Waals surface area contributed by atoms with Crippen molar-refractivity contribution < 1.29 is 23.7 Å². The van der Waals surface area contributed by atoms with Crippen molar-refractivity contribution in [2.24, 2.45) is 16.5 Å². The number of primary amides is 1. The zero-order valence-electron chi connectivity index (χ0n) is 20.1. The van der Waals surface area contributed by atoms with Crippen LogP contribution in [-0.2, 0) is 4.74 Å². The van der Waals surface area contributed by atoms with Crippen molar-refractivity contribution in [1.82, 2.24) is 19.4 Å². The van der Waals surface area contributed by atoms with Crippen LogP contribution in [0.2, 0.25) is 0 Å². The number of aromatic nitrogens is 4. The molecule has 0 aliphatic carbocycles. The molecule has 0 spiro atoms. The fraction of sp³-hybridized carbons (Fsp3) is 0.217. The quantitative estimate of drug-likeness (QED) is 0.343. The molecule has 0 bridgehead atoms. The van der Waals surface area contributed by atoms with Crippen LogP contribution in [-0.4, -0.2) is 49.9 Å². The third kappa shape index (κ3) is 6.00. The van der Waals surface area contributed by atoms with E-state index in [0.717, 1.165) is 9.47 Å². The number of hydrogen-bond acceptors (Lipinski definition) is 6. The average Bonchev–Trinajstić information content (AvgIpc) is 3.28. The molecular weight excluding hydrogens is 471 g/mol. The maximum absolute atomic E-state index is 14.2. The standard InChI is InChI=1S/C23H25FN8O4/c1-23(2,3)36-22(35)31(4)16(19-28-12-15(30-19)18(26)33)11-17(25)29-14-8-6-10-32(21(14)34)20-13(24)7-5-9-27-20/h5-12H,1-4H3,(H2,25,29)(H2,26,33)(H,28,30)/p+1/b16-11+. The number of halogens is 1. The lowest BCUT2D eigenvalue weighted by Gasteiger charge is -2.25. The van der Waals surface area contributed by atoms with Crippen LogP contribution >= 0.6 is 0 Å². The lowest BCUT2D eigenvalue weighted by Crippen LogP contribution is -2.34. The summed E-state index contributed by atoms with van der Waals surface area (Å²) in [5.74, 6) is -1.59. The third-order valence-corrected chi connectivity index (χ3v) is 4.60. The SMILES string of the molecule is CN(C(=O)OC(C)(C)C)/C(=C/C(N)=Nc1cccn(-c2[nH+]cccc2F)c1=O)c1ncc(C(N)=O)[nH]1. The van der Waals surface area contributed by atoms with E-state index in [1.807, 2.05) is 0 Å². The molecule has 0 fully saturated rings. The topological polar surface area (TPSA) is 176 Å². The molecule has 188 valence electrons. The summed E-state index contributed by atoms with van der Waals surface area (Å²) in [5, 5.41) is 0. The summed E-state index contributed by atoms with van der Waals surface area (Å²) in [7, 11) is 1.41. The highest BCUT2D eigenvalue weighted by Gasteiger charge is 2.25. The molecule has 0 saturated carbocycles. The van der Waals surface area contributed by atoms with E-state index in [4.69, 9.17) is 16.2 Å². The molecule has 0 aliphatic heterocycles. The monoisotopic (exact) mass is 497 g/mol. The predicted octanol–water partition coefficient (Wildman–Crippen LogP) is 1.51. The van der Waals surface area contributed by atoms with Crippen molar-refractivity contribution in [3.63, 3.8) is 0 Å². The number of aliphatic imine (C=N–C) groups is 1. The van der Waals surface area contributed by atoms with Crippen LogP contribution in [0.25, 0.3) is 11.5 Å². The van der Waals surface area contributed by atoms with Gasteiger partial charge in [-0.3, -0.25) is 9.69 Å². The number of aromatic amines is 2. The Morgan fingerprint density at radius 2 is 2.00 bits per heavy atom. The molecule has 0 aromatic carbocycles. The molecule has 0 radical (unpaired) electrons. The van der Waals surface area contributed by atoms with Gasteiger partial charge in [-0.05, 0) is 45.0 Å². The third-order valence-electron chi connectivity index (χ3n) is 4.60. The van der Waals surface area contributed by atoms with Crippen LogP contribution in [0.1, 0.15) is 37.1 Å². The Kier molecular flexibility index (Phi) is 7.32. The molecule has 3 heterocycles. The Labute approximate surface area is 205 Å². The van der Waals surface area contributed by atoms with Crippen LogP contribution in [0.4, 0.5) is 14.9 Å². The first-order valence-electron chi connectivity index (χ1n) is 10.6. The number of H-pyrrole nitrogens is 2. The maximum atomic E-state index is 14.2. The molecule has 2 amide bonds. The maximum Gasteiger partial charge on any atom is 0.414 e. The normalized spacial score (nSPS) is 12.4. The van der Waals surface area contributed by atoms with E-state index in [1.54, 1.807) is 20.8 Å². The molecule has 0 aliphatic rings. The van der Waals surface area contributed by atoms with Gasteiger partial charge in [0.05, 0.1) is 18.1 Å². The van der Waals surface area contributed by atoms with Crippen LogP contribution in [0, 0.1) is 5.82 Å². The summed E-state index contributed by atoms with van der Waals surface area (Å²) in [6, 6.07) is 5.55. The first kappa shape index (κ1) is 25.8. The number of ether oxygens (including phenoxy) is 1. The molecule has 6 N–H and O–H groups in total. The first-order valence-corrected chi connectivity index (χ1v) is 10.6. The van der Waals surface area contributed by atoms with Gasteiger partial charge in [-0.15, -0.1) is 0 Å². The lowest BCUT2D eigenvalue weighted by molar-refractivity contribution is -0.376. The predicted molar refractivity (Wildman–Crippen MR) is 129 cm³/mol. The van der Waals surface area contributed by atoms with E-state index in [1.165, 1.54) is 56.0 Å². The van der Waals surface area contributed by atoms with E-state index in [9.17, 15) is 18.8 Å². The van der Waals surface area contributed by atoms with Gasteiger partial charge in [-0.25, -0.2) is 24.5 Å². The van der Waals surface area contributed by atoms with Crippen LogP contribution < -0.4 is 22.0 Å². The van der Waals surface area contributed by atoms with Gasteiger partial charge in [0.25, 0.3) is 5.91 Å². The number of amides is 2. The van der Waals surface area contributed by atoms with Crippen molar-refractivity contribution in [2.45, 2.75) is 26.4 Å². The number of nitrogens with two attached hydrogens (primary N) is 2. The fourth-order valence-electron chi connectivity index (χ4n) is 2.98. The number of amidine groups is 1. The van der Waals surface area contributed by atoms with Crippen LogP contribution in [0.3, 0.4) is 0 Å². The number of hydrogen-bond donors (Lipinski definition) is 3. The Hall–Kier alpha value is -4.81. The molecule has 12 nitrogen and oxygen atoms in total. The van der Waals surface area contributed by atoms with Crippen molar-refractivity contribution in [2.75, 3.05) is 7.05 Å². The highest BCUT2D eigenvalue weighted by molar-refractivity contribution is 6.00. The van der Waals surface area contributed by atoms with E-state index in [-0.39, 0.29) is 34.6 Å². The van der Waals surface area contributed by atoms with Crippen molar-refractivity contribution in [3.8, 4) is 5.82 Å². The van der Waals surface area contributed by atoms with E-state index < -0.39 is 29.0 Å². The highest BCUT2D eigenvalue weighted by atomic mass is 19.1. The Morgan fingerprint density at radius 1 is 1.28 bits per heavy atom. The van der Waals surface area contributed by atoms with Crippen molar-refractivity contribution >= 4 is 29.2 Å². The average molecular weight is 498 g/mol. The minimum Gasteiger partial charge on any atom is -0.443 e. The molecule has 0 atom stereocenters. The molecule has 3 rings (SSSR count). The zero-order valence-corrected chi connectivity index (χ0v) is 20.1. The van der Waals surface area contributed by atoms with Crippen molar-refractivity contribution in [1.29, 1.82) is 0 Å². The van der Waals surface area contributed by atoms with E-state index in [0.29, 0.717) is 0 Å². The molecule has 3 aromatic heterocycles. The molecular formula is C23H26FN8O4+. The van der Waals surface area contributed by atoms with Gasteiger partial charge >= 0.3 is 17.5 Å². The molecule has 0 unspecified atom stereocenters. The number of nitrogens with zero attached hydrogens (tertiary/aromatic N) is 4. The summed E-state index contributed by atoms with van der Waals surface area (Å²) >= 11 is 0. The van der Waals surface area contributed by atoms with Gasteiger partial charge < -0.3 is 21.2 Å². The van der Waals surface area contributed by atoms with E-state index in [2.05, 4.69) is 19.9 Å². The first-order chi connectivity index (χ1) is 16.9. The minimum atomic E-state index is -0.795. The highest BCUT2D eigenvalue weighted by Crippen LogP contribution is 2.19. The fourth-order valence-corrected chi connectivity index (χ4v) is 2.98. The van der Waals surface area contributed by atoms with Gasteiger partial charge in [0.1, 0.15) is 23.3 Å². The zero-order chi connectivity index (χ0) is 26.6.